The highest BCUT2D eigenvalue weighted by Gasteiger charge is 2.39. The highest BCUT2D eigenvalue weighted by Crippen LogP contribution is 2.38. The van der Waals surface area contributed by atoms with Crippen LogP contribution in [0.2, 0.25) is 0 Å². The van der Waals surface area contributed by atoms with Crippen molar-refractivity contribution < 1.29 is 14.3 Å². The number of hydrogen-bond acceptors (Lipinski definition) is 8. The van der Waals surface area contributed by atoms with Gasteiger partial charge in [0, 0.05) is 62.5 Å². The molecule has 9 nitrogen and oxygen atoms in total. The lowest BCUT2D eigenvalue weighted by atomic mass is 10.0. The molecule has 0 bridgehead atoms. The van der Waals surface area contributed by atoms with E-state index in [1.54, 1.807) is 0 Å². The van der Waals surface area contributed by atoms with Gasteiger partial charge in [0.2, 0.25) is 5.95 Å². The maximum Gasteiger partial charge on any atom is 0.255 e. The molecule has 2 aromatic carbocycles. The van der Waals surface area contributed by atoms with Gasteiger partial charge in [0.15, 0.2) is 0 Å². The van der Waals surface area contributed by atoms with Crippen LogP contribution in [0.4, 0.5) is 5.95 Å². The van der Waals surface area contributed by atoms with Gasteiger partial charge < -0.3 is 24.6 Å². The van der Waals surface area contributed by atoms with Crippen molar-refractivity contribution >= 4 is 22.8 Å². The second-order valence-corrected chi connectivity index (χ2v) is 11.6. The van der Waals surface area contributed by atoms with Gasteiger partial charge in [-0.1, -0.05) is 6.07 Å². The number of carbonyl (C=O) groups excluding carboxylic acids is 1. The molecule has 210 valence electrons. The number of amides is 1. The molecule has 9 heteroatoms. The number of piperidine rings is 1. The Balaban J connectivity index is 0.973. The van der Waals surface area contributed by atoms with Crippen molar-refractivity contribution in [2.75, 3.05) is 57.4 Å². The van der Waals surface area contributed by atoms with E-state index in [-0.39, 0.29) is 24.1 Å². The Kier molecular flexibility index (Phi) is 7.03. The van der Waals surface area contributed by atoms with E-state index < -0.39 is 0 Å². The second-order valence-electron chi connectivity index (χ2n) is 11.6. The van der Waals surface area contributed by atoms with Gasteiger partial charge in [-0.15, -0.1) is 0 Å². The molecule has 5 heterocycles. The molecule has 0 aliphatic carbocycles. The summed E-state index contributed by atoms with van der Waals surface area (Å²) in [5.41, 5.74) is 4.16. The van der Waals surface area contributed by atoms with Crippen molar-refractivity contribution in [3.05, 3.63) is 59.3 Å². The maximum atomic E-state index is 13.2. The Morgan fingerprint density at radius 3 is 2.85 bits per heavy atom. The number of aromatic nitrogens is 2. The number of morpholine rings is 1. The lowest BCUT2D eigenvalue weighted by molar-refractivity contribution is 0.0609. The number of carbonyl (C=O) groups is 1. The van der Waals surface area contributed by atoms with Crippen molar-refractivity contribution in [2.45, 2.75) is 50.9 Å². The summed E-state index contributed by atoms with van der Waals surface area (Å²) in [6, 6.07) is 12.9. The molecular formula is C31H38N6O3. The highest BCUT2D eigenvalue weighted by atomic mass is 16.5. The van der Waals surface area contributed by atoms with E-state index in [1.165, 1.54) is 5.56 Å². The number of fused-ring (bicyclic) bond motifs is 2. The molecule has 7 rings (SSSR count). The van der Waals surface area contributed by atoms with E-state index in [2.05, 4.69) is 56.2 Å². The van der Waals surface area contributed by atoms with Crippen LogP contribution in [0.1, 0.15) is 53.7 Å². The quantitative estimate of drug-likeness (QED) is 0.508. The molecule has 4 aliphatic rings. The largest absolute Gasteiger partial charge is 0.489 e. The van der Waals surface area contributed by atoms with Gasteiger partial charge in [0.1, 0.15) is 11.9 Å². The number of nitrogens with zero attached hydrogens (tertiary/aromatic N) is 5. The number of ether oxygens (including phenoxy) is 2. The van der Waals surface area contributed by atoms with Crippen molar-refractivity contribution in [3.8, 4) is 5.75 Å². The molecule has 40 heavy (non-hydrogen) atoms. The summed E-state index contributed by atoms with van der Waals surface area (Å²) in [5.74, 6) is 1.81. The monoisotopic (exact) mass is 542 g/mol. The number of benzene rings is 2. The Morgan fingerprint density at radius 2 is 2.00 bits per heavy atom. The van der Waals surface area contributed by atoms with E-state index >= 15 is 0 Å². The SMILES string of the molecule is C[C@@H]1c2cc(O[C@H]3CCN(Cc4ccc5nc(N6CCOCC6)ncc5c4)C3)ccc2C(=O)N1[C@H]1CCCNC1. The minimum Gasteiger partial charge on any atom is -0.489 e. The van der Waals surface area contributed by atoms with Crippen LogP contribution in [-0.4, -0.2) is 90.3 Å². The number of hydrogen-bond donors (Lipinski definition) is 1. The maximum absolute atomic E-state index is 13.2. The molecule has 1 aromatic heterocycles. The van der Waals surface area contributed by atoms with E-state index in [1.807, 2.05) is 18.3 Å². The standard InChI is InChI=1S/C31H38N6O3/c1-21-28-16-25(5-6-27(28)30(38)37(21)24-3-2-9-32-18-24)40-26-8-10-35(20-26)19-22-4-7-29-23(15-22)17-33-31(34-29)36-11-13-39-14-12-36/h4-7,15-17,21,24,26,32H,2-3,8-14,18-20H2,1H3/t21-,24+,26+/m1/s1. The molecule has 0 unspecified atom stereocenters. The third kappa shape index (κ3) is 5.02. The zero-order valence-corrected chi connectivity index (χ0v) is 23.2. The summed E-state index contributed by atoms with van der Waals surface area (Å²) in [7, 11) is 0. The van der Waals surface area contributed by atoms with Gasteiger partial charge >= 0.3 is 0 Å². The summed E-state index contributed by atoms with van der Waals surface area (Å²) in [4.78, 5) is 29.3. The molecule has 1 N–H and O–H groups in total. The zero-order valence-electron chi connectivity index (χ0n) is 23.2. The van der Waals surface area contributed by atoms with Crippen LogP contribution in [0.25, 0.3) is 10.9 Å². The third-order valence-corrected chi connectivity index (χ3v) is 8.88. The van der Waals surface area contributed by atoms with Gasteiger partial charge in [-0.3, -0.25) is 9.69 Å². The number of nitrogens with one attached hydrogen (secondary N) is 1. The van der Waals surface area contributed by atoms with Gasteiger partial charge in [-0.25, -0.2) is 9.97 Å². The minimum atomic E-state index is 0.0814. The second kappa shape index (κ2) is 11.0. The lowest BCUT2D eigenvalue weighted by Crippen LogP contribution is -2.47. The zero-order chi connectivity index (χ0) is 27.1. The van der Waals surface area contributed by atoms with Gasteiger partial charge in [-0.05, 0) is 74.2 Å². The number of likely N-dealkylation sites (tertiary alicyclic amines) is 1. The van der Waals surface area contributed by atoms with Crippen LogP contribution < -0.4 is 15.0 Å². The summed E-state index contributed by atoms with van der Waals surface area (Å²) in [6.07, 6.45) is 5.26. The van der Waals surface area contributed by atoms with E-state index in [4.69, 9.17) is 14.5 Å². The van der Waals surface area contributed by atoms with Crippen molar-refractivity contribution in [3.63, 3.8) is 0 Å². The van der Waals surface area contributed by atoms with Crippen molar-refractivity contribution in [2.24, 2.45) is 0 Å². The lowest BCUT2D eigenvalue weighted by Gasteiger charge is -2.34. The Labute approximate surface area is 235 Å². The van der Waals surface area contributed by atoms with Crippen LogP contribution in [0.15, 0.2) is 42.6 Å². The van der Waals surface area contributed by atoms with Gasteiger partial charge in [0.25, 0.3) is 5.91 Å². The van der Waals surface area contributed by atoms with Gasteiger partial charge in [-0.2, -0.15) is 0 Å². The van der Waals surface area contributed by atoms with E-state index in [0.717, 1.165) is 112 Å². The summed E-state index contributed by atoms with van der Waals surface area (Å²) in [6.45, 7) is 9.95. The van der Waals surface area contributed by atoms with Crippen LogP contribution in [0.3, 0.4) is 0 Å². The van der Waals surface area contributed by atoms with Crippen LogP contribution in [-0.2, 0) is 11.3 Å². The summed E-state index contributed by atoms with van der Waals surface area (Å²) < 4.78 is 11.9. The predicted molar refractivity (Wildman–Crippen MR) is 154 cm³/mol. The van der Waals surface area contributed by atoms with Crippen LogP contribution >= 0.6 is 0 Å². The molecule has 0 spiro atoms. The van der Waals surface area contributed by atoms with Crippen molar-refractivity contribution in [1.82, 2.24) is 25.1 Å². The van der Waals surface area contributed by atoms with E-state index in [0.29, 0.717) is 0 Å². The molecule has 4 aliphatic heterocycles. The number of rotatable bonds is 6. The van der Waals surface area contributed by atoms with Gasteiger partial charge in [0.05, 0.1) is 24.8 Å². The summed E-state index contributed by atoms with van der Waals surface area (Å²) >= 11 is 0. The normalized spacial score (nSPS) is 25.5. The minimum absolute atomic E-state index is 0.0814. The fourth-order valence-corrected chi connectivity index (χ4v) is 6.75. The molecule has 0 saturated carbocycles. The molecule has 0 radical (unpaired) electrons. The molecule has 3 fully saturated rings. The first kappa shape index (κ1) is 25.7. The number of anilines is 1. The van der Waals surface area contributed by atoms with Crippen molar-refractivity contribution in [1.29, 1.82) is 0 Å². The molecule has 1 amide bonds. The fourth-order valence-electron chi connectivity index (χ4n) is 6.75. The smallest absolute Gasteiger partial charge is 0.255 e. The first-order chi connectivity index (χ1) is 19.6. The molecular weight excluding hydrogens is 504 g/mol. The molecule has 3 atom stereocenters. The third-order valence-electron chi connectivity index (χ3n) is 8.88. The predicted octanol–water partition coefficient (Wildman–Crippen LogP) is 3.39. The molecule has 3 aromatic rings. The van der Waals surface area contributed by atoms with Crippen LogP contribution in [0, 0.1) is 0 Å². The summed E-state index contributed by atoms with van der Waals surface area (Å²) in [5, 5.41) is 4.52. The topological polar surface area (TPSA) is 83.1 Å². The average molecular weight is 543 g/mol. The first-order valence-electron chi connectivity index (χ1n) is 14.8. The highest BCUT2D eigenvalue weighted by molar-refractivity contribution is 5.99. The fraction of sp³-hybridized carbons (Fsp3) is 0.516. The van der Waals surface area contributed by atoms with E-state index in [9.17, 15) is 4.79 Å². The Bertz CT molecular complexity index is 1390. The average Bonchev–Trinajstić information content (AvgIpc) is 3.54. The first-order valence-corrected chi connectivity index (χ1v) is 14.8. The molecule has 3 saturated heterocycles. The Hall–Kier alpha value is -3.27. The van der Waals surface area contributed by atoms with Crippen LogP contribution in [0.5, 0.6) is 5.75 Å². The Morgan fingerprint density at radius 1 is 1.10 bits per heavy atom.